The van der Waals surface area contributed by atoms with Crippen LogP contribution in [0.3, 0.4) is 0 Å². The van der Waals surface area contributed by atoms with Gasteiger partial charge in [0.05, 0.1) is 12.0 Å². The average Bonchev–Trinajstić information content (AvgIpc) is 2.97. The van der Waals surface area contributed by atoms with E-state index in [-0.39, 0.29) is 17.2 Å². The molecule has 0 saturated carbocycles. The Morgan fingerprint density at radius 2 is 1.86 bits per heavy atom. The molecule has 0 saturated heterocycles. The second kappa shape index (κ2) is 5.33. The Bertz CT molecular complexity index is 864. The molecule has 6 nitrogen and oxygen atoms in total. The Hall–Kier alpha value is -3.15. The van der Waals surface area contributed by atoms with Gasteiger partial charge >= 0.3 is 0 Å². The first-order valence-corrected chi connectivity index (χ1v) is 6.45. The minimum absolute atomic E-state index is 0.0640. The molecule has 0 radical (unpaired) electrons. The van der Waals surface area contributed by atoms with Crippen molar-refractivity contribution < 1.29 is 18.9 Å². The Balaban J connectivity index is 1.95. The lowest BCUT2D eigenvalue weighted by Crippen LogP contribution is -1.99. The SMILES string of the molecule is COc1ccc2cc(C(=O)c3ccc([N+](=O)[O-])cc3)oc2c1. The van der Waals surface area contributed by atoms with E-state index in [2.05, 4.69) is 0 Å². The molecule has 0 bridgehead atoms. The molecular weight excluding hydrogens is 286 g/mol. The molecule has 2 aromatic carbocycles. The largest absolute Gasteiger partial charge is 0.497 e. The number of furan rings is 1. The van der Waals surface area contributed by atoms with Gasteiger partial charge in [-0.15, -0.1) is 0 Å². The number of fused-ring (bicyclic) bond motifs is 1. The lowest BCUT2D eigenvalue weighted by Gasteiger charge is -1.97. The molecule has 110 valence electrons. The van der Waals surface area contributed by atoms with Crippen molar-refractivity contribution in [2.45, 2.75) is 0 Å². The summed E-state index contributed by atoms with van der Waals surface area (Å²) in [6, 6.07) is 12.3. The number of nitro groups is 1. The third-order valence-corrected chi connectivity index (χ3v) is 3.29. The summed E-state index contributed by atoms with van der Waals surface area (Å²) in [5.41, 5.74) is 0.812. The van der Waals surface area contributed by atoms with Crippen LogP contribution in [0.4, 0.5) is 5.69 Å². The molecular formula is C16H11NO5. The number of ketones is 1. The molecule has 0 fully saturated rings. The van der Waals surface area contributed by atoms with E-state index in [0.717, 1.165) is 5.39 Å². The molecule has 0 amide bonds. The summed E-state index contributed by atoms with van der Waals surface area (Å²) in [5.74, 6) is 0.485. The zero-order valence-corrected chi connectivity index (χ0v) is 11.6. The summed E-state index contributed by atoms with van der Waals surface area (Å²) in [5, 5.41) is 11.4. The number of non-ortho nitro benzene ring substituents is 1. The van der Waals surface area contributed by atoms with Crippen LogP contribution in [-0.2, 0) is 0 Å². The number of carbonyl (C=O) groups excluding carboxylic acids is 1. The van der Waals surface area contributed by atoms with Crippen molar-refractivity contribution in [1.82, 2.24) is 0 Å². The van der Waals surface area contributed by atoms with Crippen molar-refractivity contribution in [3.05, 3.63) is 70.0 Å². The summed E-state index contributed by atoms with van der Waals surface area (Å²) >= 11 is 0. The molecule has 3 aromatic rings. The number of methoxy groups -OCH3 is 1. The first-order chi connectivity index (χ1) is 10.6. The van der Waals surface area contributed by atoms with E-state index in [9.17, 15) is 14.9 Å². The van der Waals surface area contributed by atoms with Crippen LogP contribution in [0.5, 0.6) is 5.75 Å². The molecule has 0 atom stereocenters. The lowest BCUT2D eigenvalue weighted by atomic mass is 10.1. The van der Waals surface area contributed by atoms with Gasteiger partial charge in [-0.1, -0.05) is 0 Å². The fraction of sp³-hybridized carbons (Fsp3) is 0.0625. The highest BCUT2D eigenvalue weighted by Crippen LogP contribution is 2.26. The number of hydrogen-bond acceptors (Lipinski definition) is 5. The van der Waals surface area contributed by atoms with E-state index in [1.807, 2.05) is 0 Å². The number of carbonyl (C=O) groups is 1. The summed E-state index contributed by atoms with van der Waals surface area (Å²) in [6.07, 6.45) is 0. The van der Waals surface area contributed by atoms with Crippen LogP contribution in [0.25, 0.3) is 11.0 Å². The third-order valence-electron chi connectivity index (χ3n) is 3.29. The third kappa shape index (κ3) is 2.42. The maximum Gasteiger partial charge on any atom is 0.269 e. The molecule has 22 heavy (non-hydrogen) atoms. The van der Waals surface area contributed by atoms with Crippen molar-refractivity contribution >= 4 is 22.4 Å². The number of ether oxygens (including phenoxy) is 1. The minimum atomic E-state index is -0.512. The van der Waals surface area contributed by atoms with Gasteiger partial charge in [0.25, 0.3) is 5.69 Å². The zero-order chi connectivity index (χ0) is 15.7. The van der Waals surface area contributed by atoms with E-state index in [1.165, 1.54) is 24.3 Å². The van der Waals surface area contributed by atoms with Gasteiger partial charge in [0.2, 0.25) is 5.78 Å². The quantitative estimate of drug-likeness (QED) is 0.417. The lowest BCUT2D eigenvalue weighted by molar-refractivity contribution is -0.384. The van der Waals surface area contributed by atoms with Gasteiger partial charge in [-0.25, -0.2) is 0 Å². The molecule has 0 aliphatic rings. The summed E-state index contributed by atoms with van der Waals surface area (Å²) in [7, 11) is 1.55. The van der Waals surface area contributed by atoms with Gasteiger partial charge in [-0.2, -0.15) is 0 Å². The number of rotatable bonds is 4. The molecule has 0 N–H and O–H groups in total. The van der Waals surface area contributed by atoms with Gasteiger partial charge in [0, 0.05) is 29.1 Å². The van der Waals surface area contributed by atoms with Crippen LogP contribution in [0, 0.1) is 10.1 Å². The zero-order valence-electron chi connectivity index (χ0n) is 11.6. The number of nitro benzene ring substituents is 1. The highest BCUT2D eigenvalue weighted by Gasteiger charge is 2.16. The Labute approximate surface area is 125 Å². The molecule has 0 unspecified atom stereocenters. The standard InChI is InChI=1S/C16H11NO5/c1-21-13-7-4-11-8-15(22-14(11)9-13)16(18)10-2-5-12(6-3-10)17(19)20/h2-9H,1H3. The first-order valence-electron chi connectivity index (χ1n) is 6.45. The van der Waals surface area contributed by atoms with Crippen LogP contribution >= 0.6 is 0 Å². The van der Waals surface area contributed by atoms with Crippen molar-refractivity contribution in [3.63, 3.8) is 0 Å². The highest BCUT2D eigenvalue weighted by molar-refractivity contribution is 6.09. The van der Waals surface area contributed by atoms with E-state index in [4.69, 9.17) is 9.15 Å². The average molecular weight is 297 g/mol. The van der Waals surface area contributed by atoms with Gasteiger partial charge in [0.1, 0.15) is 11.3 Å². The Morgan fingerprint density at radius 3 is 2.50 bits per heavy atom. The number of hydrogen-bond donors (Lipinski definition) is 0. The van der Waals surface area contributed by atoms with Crippen molar-refractivity contribution in [2.24, 2.45) is 0 Å². The summed E-state index contributed by atoms with van der Waals surface area (Å²) in [4.78, 5) is 22.5. The second-order valence-electron chi connectivity index (χ2n) is 4.65. The van der Waals surface area contributed by atoms with E-state index in [0.29, 0.717) is 16.9 Å². The van der Waals surface area contributed by atoms with Gasteiger partial charge in [-0.3, -0.25) is 14.9 Å². The highest BCUT2D eigenvalue weighted by atomic mass is 16.6. The predicted molar refractivity (Wildman–Crippen MR) is 79.3 cm³/mol. The van der Waals surface area contributed by atoms with Crippen LogP contribution in [-0.4, -0.2) is 17.8 Å². The predicted octanol–water partition coefficient (Wildman–Crippen LogP) is 3.58. The number of benzene rings is 2. The topological polar surface area (TPSA) is 82.6 Å². The van der Waals surface area contributed by atoms with Crippen LogP contribution in [0.2, 0.25) is 0 Å². The van der Waals surface area contributed by atoms with Gasteiger partial charge < -0.3 is 9.15 Å². The normalized spacial score (nSPS) is 10.6. The van der Waals surface area contributed by atoms with Gasteiger partial charge in [-0.05, 0) is 30.3 Å². The second-order valence-corrected chi connectivity index (χ2v) is 4.65. The summed E-state index contributed by atoms with van der Waals surface area (Å²) in [6.45, 7) is 0. The monoisotopic (exact) mass is 297 g/mol. The van der Waals surface area contributed by atoms with Crippen molar-refractivity contribution in [2.75, 3.05) is 7.11 Å². The van der Waals surface area contributed by atoms with E-state index in [1.54, 1.807) is 31.4 Å². The van der Waals surface area contributed by atoms with Crippen LogP contribution < -0.4 is 4.74 Å². The molecule has 0 spiro atoms. The van der Waals surface area contributed by atoms with Crippen LogP contribution in [0.15, 0.2) is 52.9 Å². The van der Waals surface area contributed by atoms with E-state index < -0.39 is 4.92 Å². The number of nitrogens with zero attached hydrogens (tertiary/aromatic N) is 1. The molecule has 0 aliphatic heterocycles. The van der Waals surface area contributed by atoms with Gasteiger partial charge in [0.15, 0.2) is 5.76 Å². The first kappa shape index (κ1) is 13.8. The van der Waals surface area contributed by atoms with Crippen molar-refractivity contribution in [1.29, 1.82) is 0 Å². The maximum atomic E-state index is 12.4. The van der Waals surface area contributed by atoms with Crippen LogP contribution in [0.1, 0.15) is 16.1 Å². The van der Waals surface area contributed by atoms with E-state index >= 15 is 0 Å². The molecule has 0 aliphatic carbocycles. The fourth-order valence-corrected chi connectivity index (χ4v) is 2.13. The fourth-order valence-electron chi connectivity index (χ4n) is 2.13. The Kier molecular flexibility index (Phi) is 3.34. The molecule has 1 heterocycles. The minimum Gasteiger partial charge on any atom is -0.497 e. The summed E-state index contributed by atoms with van der Waals surface area (Å²) < 4.78 is 10.6. The smallest absolute Gasteiger partial charge is 0.269 e. The Morgan fingerprint density at radius 1 is 1.14 bits per heavy atom. The van der Waals surface area contributed by atoms with Crippen molar-refractivity contribution in [3.8, 4) is 5.75 Å². The molecule has 6 heteroatoms. The molecule has 1 aromatic heterocycles. The maximum absolute atomic E-state index is 12.4. The molecule has 3 rings (SSSR count).